The Morgan fingerprint density at radius 2 is 1.84 bits per heavy atom. The molecule has 5 nitrogen and oxygen atoms in total. The summed E-state index contributed by atoms with van der Waals surface area (Å²) in [5.41, 5.74) is -1.96. The van der Waals surface area contributed by atoms with Crippen molar-refractivity contribution in [3.8, 4) is 28.0 Å². The molecule has 0 aliphatic heterocycles. The van der Waals surface area contributed by atoms with Crippen molar-refractivity contribution < 1.29 is 28.1 Å². The average molecular weight is 515 g/mol. The number of benzene rings is 2. The van der Waals surface area contributed by atoms with E-state index < -0.39 is 11.8 Å². The van der Waals surface area contributed by atoms with Crippen molar-refractivity contribution in [2.75, 3.05) is 13.2 Å². The number of aliphatic hydroxyl groups is 2. The van der Waals surface area contributed by atoms with Crippen molar-refractivity contribution in [3.63, 3.8) is 0 Å². The summed E-state index contributed by atoms with van der Waals surface area (Å²) in [5, 5.41) is 24.8. The van der Waals surface area contributed by atoms with Crippen LogP contribution in [0.5, 0.6) is 5.75 Å². The van der Waals surface area contributed by atoms with Crippen LogP contribution in [0.2, 0.25) is 0 Å². The van der Waals surface area contributed by atoms with Gasteiger partial charge in [0.05, 0.1) is 26.0 Å². The number of hydrogen-bond donors (Lipinski definition) is 2. The van der Waals surface area contributed by atoms with E-state index in [2.05, 4.69) is 25.5 Å². The van der Waals surface area contributed by atoms with Crippen molar-refractivity contribution in [2.45, 2.75) is 57.9 Å². The van der Waals surface area contributed by atoms with Crippen molar-refractivity contribution in [3.05, 3.63) is 72.6 Å². The van der Waals surface area contributed by atoms with Gasteiger partial charge in [-0.2, -0.15) is 18.3 Å². The van der Waals surface area contributed by atoms with Crippen molar-refractivity contribution in [1.29, 1.82) is 0 Å². The van der Waals surface area contributed by atoms with Gasteiger partial charge in [0.25, 0.3) is 0 Å². The maximum Gasteiger partial charge on any atom is 0.425 e. The van der Waals surface area contributed by atoms with Crippen LogP contribution in [0.15, 0.2) is 61.4 Å². The second-order valence-electron chi connectivity index (χ2n) is 9.66. The van der Waals surface area contributed by atoms with Crippen molar-refractivity contribution in [2.24, 2.45) is 5.41 Å². The first-order valence-corrected chi connectivity index (χ1v) is 12.6. The van der Waals surface area contributed by atoms with Crippen LogP contribution in [-0.4, -0.2) is 39.4 Å². The Balaban J connectivity index is 1.84. The molecule has 37 heavy (non-hydrogen) atoms. The van der Waals surface area contributed by atoms with E-state index in [1.165, 1.54) is 22.9 Å². The molecule has 1 aliphatic carbocycles. The number of aromatic nitrogens is 2. The van der Waals surface area contributed by atoms with Gasteiger partial charge in [0.1, 0.15) is 5.75 Å². The molecule has 8 heteroatoms. The third-order valence-electron chi connectivity index (χ3n) is 7.75. The molecule has 2 aromatic carbocycles. The van der Waals surface area contributed by atoms with Crippen LogP contribution >= 0.6 is 0 Å². The van der Waals surface area contributed by atoms with Crippen molar-refractivity contribution in [1.82, 2.24) is 9.78 Å². The number of fused-ring (bicyclic) bond motifs is 3. The second-order valence-corrected chi connectivity index (χ2v) is 9.66. The van der Waals surface area contributed by atoms with Gasteiger partial charge in [0, 0.05) is 22.9 Å². The highest BCUT2D eigenvalue weighted by Gasteiger charge is 2.61. The third kappa shape index (κ3) is 4.68. The number of halogens is 3. The molecule has 0 radical (unpaired) electrons. The highest BCUT2D eigenvalue weighted by molar-refractivity contribution is 5.93. The van der Waals surface area contributed by atoms with Gasteiger partial charge in [0.15, 0.2) is 0 Å². The molecule has 2 N–H and O–H groups in total. The minimum Gasteiger partial charge on any atom is -0.494 e. The molecule has 0 fully saturated rings. The number of rotatable bonds is 11. The summed E-state index contributed by atoms with van der Waals surface area (Å²) in [7, 11) is 0. The summed E-state index contributed by atoms with van der Waals surface area (Å²) >= 11 is 0. The molecule has 1 aromatic heterocycles. The molecule has 1 unspecified atom stereocenters. The third-order valence-corrected chi connectivity index (χ3v) is 7.75. The average Bonchev–Trinajstić information content (AvgIpc) is 3.45. The molecule has 0 saturated carbocycles. The van der Waals surface area contributed by atoms with Gasteiger partial charge in [-0.3, -0.25) is 4.68 Å². The molecule has 0 saturated heterocycles. The fourth-order valence-electron chi connectivity index (χ4n) is 5.38. The fraction of sp³-hybridized carbons (Fsp3) is 0.414. The Morgan fingerprint density at radius 3 is 2.49 bits per heavy atom. The minimum absolute atomic E-state index is 0.00961. The second kappa shape index (κ2) is 10.3. The van der Waals surface area contributed by atoms with E-state index in [-0.39, 0.29) is 35.4 Å². The Labute approximate surface area is 215 Å². The van der Waals surface area contributed by atoms with Crippen LogP contribution in [0.25, 0.3) is 22.3 Å². The standard InChI is InChI=1S/C29H33F3N2O3/c1-4-11-27(5-2,6-3)12-15-37-21-16-23(20-18-33-34(19-20)13-14-35)26-22-9-7-8-10-24(22)28(36,25(26)17-21)29(30,31)32/h4,7-10,16-19,35-36H,1,5-6,11-15H2,2-3H3. The fourth-order valence-corrected chi connectivity index (χ4v) is 5.38. The van der Waals surface area contributed by atoms with Gasteiger partial charge in [-0.25, -0.2) is 0 Å². The Kier molecular flexibility index (Phi) is 7.53. The molecule has 4 rings (SSSR count). The summed E-state index contributed by atoms with van der Waals surface area (Å²) in [4.78, 5) is 0. The number of aliphatic hydroxyl groups excluding tert-OH is 1. The maximum atomic E-state index is 14.5. The molecule has 0 bridgehead atoms. The lowest BCUT2D eigenvalue weighted by Crippen LogP contribution is -2.41. The van der Waals surface area contributed by atoms with E-state index in [0.29, 0.717) is 28.9 Å². The van der Waals surface area contributed by atoms with Gasteiger partial charge in [-0.1, -0.05) is 57.0 Å². The summed E-state index contributed by atoms with van der Waals surface area (Å²) in [6.07, 6.45) is 3.57. The van der Waals surface area contributed by atoms with Gasteiger partial charge < -0.3 is 14.9 Å². The van der Waals surface area contributed by atoms with E-state index in [1.54, 1.807) is 30.6 Å². The van der Waals surface area contributed by atoms with E-state index in [0.717, 1.165) is 25.7 Å². The van der Waals surface area contributed by atoms with Crippen LogP contribution in [0.4, 0.5) is 13.2 Å². The van der Waals surface area contributed by atoms with E-state index >= 15 is 0 Å². The van der Waals surface area contributed by atoms with Gasteiger partial charge in [-0.15, -0.1) is 6.58 Å². The predicted molar refractivity (Wildman–Crippen MR) is 137 cm³/mol. The summed E-state index contributed by atoms with van der Waals surface area (Å²) in [6, 6.07) is 9.08. The molecule has 0 spiro atoms. The zero-order valence-corrected chi connectivity index (χ0v) is 21.2. The van der Waals surface area contributed by atoms with E-state index in [4.69, 9.17) is 4.74 Å². The van der Waals surface area contributed by atoms with Crippen LogP contribution in [-0.2, 0) is 12.1 Å². The van der Waals surface area contributed by atoms with Gasteiger partial charge >= 0.3 is 6.18 Å². The Bertz CT molecular complexity index is 1260. The predicted octanol–water partition coefficient (Wildman–Crippen LogP) is 6.47. The summed E-state index contributed by atoms with van der Waals surface area (Å²) in [6.45, 7) is 8.54. The largest absolute Gasteiger partial charge is 0.494 e. The van der Waals surface area contributed by atoms with E-state index in [1.807, 2.05) is 6.08 Å². The van der Waals surface area contributed by atoms with Crippen LogP contribution in [0.3, 0.4) is 0 Å². The van der Waals surface area contributed by atoms with Crippen LogP contribution in [0, 0.1) is 5.41 Å². The molecule has 1 atom stereocenters. The molecule has 198 valence electrons. The van der Waals surface area contributed by atoms with Gasteiger partial charge in [-0.05, 0) is 47.1 Å². The first kappa shape index (κ1) is 26.9. The molecule has 3 aromatic rings. The lowest BCUT2D eigenvalue weighted by atomic mass is 9.77. The Morgan fingerprint density at radius 1 is 1.11 bits per heavy atom. The number of alkyl halides is 3. The highest BCUT2D eigenvalue weighted by atomic mass is 19.4. The lowest BCUT2D eigenvalue weighted by Gasteiger charge is -2.31. The zero-order valence-electron chi connectivity index (χ0n) is 21.2. The number of allylic oxidation sites excluding steroid dienone is 1. The highest BCUT2D eigenvalue weighted by Crippen LogP contribution is 2.58. The number of ether oxygens (including phenoxy) is 1. The molecule has 0 amide bonds. The number of hydrogen-bond acceptors (Lipinski definition) is 4. The summed E-state index contributed by atoms with van der Waals surface area (Å²) < 4.78 is 51.1. The zero-order chi connectivity index (χ0) is 26.8. The first-order valence-electron chi connectivity index (χ1n) is 12.6. The maximum absolute atomic E-state index is 14.5. The van der Waals surface area contributed by atoms with E-state index in [9.17, 15) is 23.4 Å². The van der Waals surface area contributed by atoms with Crippen LogP contribution in [0.1, 0.15) is 50.7 Å². The minimum atomic E-state index is -4.95. The SMILES string of the molecule is C=CCC(CC)(CC)CCOc1cc(-c2cnn(CCO)c2)c2c(c1)C(O)(C(F)(F)F)c1ccccc1-2. The van der Waals surface area contributed by atoms with Crippen LogP contribution < -0.4 is 4.74 Å². The van der Waals surface area contributed by atoms with Crippen molar-refractivity contribution >= 4 is 0 Å². The Hall–Kier alpha value is -3.10. The smallest absolute Gasteiger partial charge is 0.425 e. The molecule has 1 aliphatic rings. The number of nitrogens with zero attached hydrogens (tertiary/aromatic N) is 2. The molecular weight excluding hydrogens is 481 g/mol. The quantitative estimate of drug-likeness (QED) is 0.288. The monoisotopic (exact) mass is 514 g/mol. The molecule has 1 heterocycles. The topological polar surface area (TPSA) is 67.5 Å². The normalized spacial score (nSPS) is 16.9. The molecular formula is C29H33F3N2O3. The lowest BCUT2D eigenvalue weighted by molar-refractivity contribution is -0.246. The van der Waals surface area contributed by atoms with Gasteiger partial charge in [0.2, 0.25) is 5.60 Å². The summed E-state index contributed by atoms with van der Waals surface area (Å²) in [5.74, 6) is 0.249. The first-order chi connectivity index (χ1) is 17.6.